The molecule has 2 amide bonds. The molecule has 0 aromatic carbocycles. The Morgan fingerprint density at radius 1 is 1.36 bits per heavy atom. The molecule has 3 heterocycles. The first-order valence-electron chi connectivity index (χ1n) is 7.89. The summed E-state index contributed by atoms with van der Waals surface area (Å²) in [5.74, 6) is -0.132. The van der Waals surface area contributed by atoms with Gasteiger partial charge in [-0.05, 0) is 24.1 Å². The maximum absolute atomic E-state index is 12.2. The van der Waals surface area contributed by atoms with Crippen LogP contribution in [0.3, 0.4) is 0 Å². The second kappa shape index (κ2) is 8.97. The maximum atomic E-state index is 12.2. The third-order valence-electron chi connectivity index (χ3n) is 4.18. The van der Waals surface area contributed by atoms with Gasteiger partial charge in [0.15, 0.2) is 0 Å². The highest BCUT2D eigenvalue weighted by Crippen LogP contribution is 2.21. The highest BCUT2D eigenvalue weighted by molar-refractivity contribution is 5.83. The number of rotatable bonds is 4. The van der Waals surface area contributed by atoms with Crippen molar-refractivity contribution in [1.29, 1.82) is 0 Å². The van der Waals surface area contributed by atoms with Crippen LogP contribution in [0.25, 0.3) is 0 Å². The highest BCUT2D eigenvalue weighted by atomic mass is 16.6. The van der Waals surface area contributed by atoms with Gasteiger partial charge < -0.3 is 19.8 Å². The van der Waals surface area contributed by atoms with Crippen LogP contribution in [0, 0.1) is 5.92 Å². The molecule has 0 spiro atoms. The van der Waals surface area contributed by atoms with Gasteiger partial charge in [-0.1, -0.05) is 0 Å². The molecule has 0 radical (unpaired) electrons. The van der Waals surface area contributed by atoms with Gasteiger partial charge in [-0.25, -0.2) is 4.79 Å². The molecule has 0 aliphatic carbocycles. The second-order valence-electron chi connectivity index (χ2n) is 5.83. The fourth-order valence-electron chi connectivity index (χ4n) is 2.91. The van der Waals surface area contributed by atoms with E-state index < -0.39 is 12.2 Å². The van der Waals surface area contributed by atoms with Crippen LogP contribution in [-0.4, -0.2) is 82.4 Å². The summed E-state index contributed by atoms with van der Waals surface area (Å²) < 4.78 is 4.81. The lowest BCUT2D eigenvalue weighted by atomic mass is 9.97. The largest absolute Gasteiger partial charge is 0.483 e. The van der Waals surface area contributed by atoms with Gasteiger partial charge in [-0.3, -0.25) is 19.5 Å². The van der Waals surface area contributed by atoms with E-state index in [0.29, 0.717) is 32.7 Å². The fraction of sp³-hybridized carbons (Fsp3) is 0.500. The first kappa shape index (κ1) is 18.7. The monoisotopic (exact) mass is 351 g/mol. The fourth-order valence-corrected chi connectivity index (χ4v) is 2.91. The molecule has 0 saturated carbocycles. The molecule has 0 unspecified atom stereocenters. The number of ether oxygens (including phenoxy) is 1. The van der Waals surface area contributed by atoms with Gasteiger partial charge in [-0.2, -0.15) is 0 Å². The van der Waals surface area contributed by atoms with Crippen molar-refractivity contribution < 1.29 is 29.3 Å². The number of pyridine rings is 1. The molecule has 9 heteroatoms. The number of hydrogen-bond acceptors (Lipinski definition) is 6. The Hall–Kier alpha value is -2.68. The van der Waals surface area contributed by atoms with Gasteiger partial charge in [0.2, 0.25) is 5.91 Å². The van der Waals surface area contributed by atoms with Crippen molar-refractivity contribution in [1.82, 2.24) is 14.8 Å². The number of carbonyl (C=O) groups is 3. The van der Waals surface area contributed by atoms with E-state index in [4.69, 9.17) is 14.6 Å². The minimum atomic E-state index is -0.539. The minimum Gasteiger partial charge on any atom is -0.483 e. The first-order valence-corrected chi connectivity index (χ1v) is 7.89. The molecule has 2 aliphatic rings. The normalized spacial score (nSPS) is 22.2. The zero-order chi connectivity index (χ0) is 18.2. The lowest BCUT2D eigenvalue weighted by molar-refractivity contribution is -0.131. The minimum absolute atomic E-state index is 0.0110. The van der Waals surface area contributed by atoms with E-state index in [1.807, 2.05) is 12.1 Å². The van der Waals surface area contributed by atoms with Crippen LogP contribution in [0.4, 0.5) is 4.79 Å². The molecule has 2 aliphatic heterocycles. The van der Waals surface area contributed by atoms with Crippen LogP contribution in [-0.2, 0) is 20.7 Å². The summed E-state index contributed by atoms with van der Waals surface area (Å²) in [6.45, 7) is 1.37. The summed E-state index contributed by atoms with van der Waals surface area (Å²) in [4.78, 5) is 39.0. The first-order chi connectivity index (χ1) is 12.0. The van der Waals surface area contributed by atoms with E-state index in [-0.39, 0.29) is 24.8 Å². The summed E-state index contributed by atoms with van der Waals surface area (Å²) >= 11 is 0. The number of aliphatic hydroxyl groups excluding tert-OH is 1. The van der Waals surface area contributed by atoms with Crippen molar-refractivity contribution >= 4 is 18.5 Å². The van der Waals surface area contributed by atoms with Crippen LogP contribution < -0.4 is 0 Å². The predicted molar refractivity (Wildman–Crippen MR) is 85.6 cm³/mol. The molecule has 0 bridgehead atoms. The highest BCUT2D eigenvalue weighted by Gasteiger charge is 2.35. The molecule has 2 fully saturated rings. The third-order valence-corrected chi connectivity index (χ3v) is 4.18. The van der Waals surface area contributed by atoms with Crippen molar-refractivity contribution in [2.24, 2.45) is 5.92 Å². The van der Waals surface area contributed by atoms with Crippen molar-refractivity contribution in [2.45, 2.75) is 12.5 Å². The third kappa shape index (κ3) is 5.15. The number of aromatic nitrogens is 1. The van der Waals surface area contributed by atoms with Crippen molar-refractivity contribution in [3.63, 3.8) is 0 Å². The Balaban J connectivity index is 0.000000701. The molecule has 2 N–H and O–H groups in total. The second-order valence-corrected chi connectivity index (χ2v) is 5.83. The quantitative estimate of drug-likeness (QED) is 0.708. The number of amides is 2. The van der Waals surface area contributed by atoms with Crippen molar-refractivity contribution in [2.75, 3.05) is 32.8 Å². The van der Waals surface area contributed by atoms with E-state index in [0.717, 1.165) is 5.56 Å². The summed E-state index contributed by atoms with van der Waals surface area (Å²) in [6.07, 6.45) is 3.17. The average molecular weight is 351 g/mol. The van der Waals surface area contributed by atoms with E-state index >= 15 is 0 Å². The molecule has 2 atom stereocenters. The summed E-state index contributed by atoms with van der Waals surface area (Å²) in [7, 11) is 0. The predicted octanol–water partition coefficient (Wildman–Crippen LogP) is -0.404. The number of likely N-dealkylation sites (tertiary alicyclic amines) is 1. The SMILES string of the molecule is O=C(CN1CCOC1=O)N1C[C@@H](Cc2ccncc2)[C@H](O)C1.O=CO. The molecule has 9 nitrogen and oxygen atoms in total. The molecule has 1 aromatic heterocycles. The number of aliphatic hydroxyl groups is 1. The van der Waals surface area contributed by atoms with E-state index in [1.54, 1.807) is 17.3 Å². The van der Waals surface area contributed by atoms with Gasteiger partial charge in [0.25, 0.3) is 6.47 Å². The zero-order valence-corrected chi connectivity index (χ0v) is 13.7. The number of β-amino-alcohol motifs (C(OH)–C–C–N with tert-alkyl or cyclic N) is 1. The average Bonchev–Trinajstić information content (AvgIpc) is 3.16. The van der Waals surface area contributed by atoms with Crippen LogP contribution in [0.15, 0.2) is 24.5 Å². The van der Waals surface area contributed by atoms with E-state index in [9.17, 15) is 14.7 Å². The molecule has 2 saturated heterocycles. The van der Waals surface area contributed by atoms with E-state index in [1.165, 1.54) is 4.90 Å². The van der Waals surface area contributed by atoms with Gasteiger partial charge in [0.05, 0.1) is 12.6 Å². The Bertz CT molecular complexity index is 597. The van der Waals surface area contributed by atoms with Crippen molar-refractivity contribution in [3.8, 4) is 0 Å². The van der Waals surface area contributed by atoms with Crippen LogP contribution >= 0.6 is 0 Å². The van der Waals surface area contributed by atoms with Crippen LogP contribution in [0.5, 0.6) is 0 Å². The lowest BCUT2D eigenvalue weighted by Crippen LogP contribution is -2.40. The Morgan fingerprint density at radius 2 is 2.04 bits per heavy atom. The summed E-state index contributed by atoms with van der Waals surface area (Å²) in [6, 6.07) is 3.83. The number of carbonyl (C=O) groups excluding carboxylic acids is 2. The maximum Gasteiger partial charge on any atom is 0.410 e. The zero-order valence-electron chi connectivity index (χ0n) is 13.7. The van der Waals surface area contributed by atoms with Gasteiger partial charge in [-0.15, -0.1) is 0 Å². The molecule has 3 rings (SSSR count). The number of nitrogens with zero attached hydrogens (tertiary/aromatic N) is 3. The van der Waals surface area contributed by atoms with Gasteiger partial charge in [0, 0.05) is 31.4 Å². The van der Waals surface area contributed by atoms with Gasteiger partial charge in [0.1, 0.15) is 13.2 Å². The van der Waals surface area contributed by atoms with E-state index in [2.05, 4.69) is 4.98 Å². The number of carboxylic acid groups (broad SMARTS) is 1. The topological polar surface area (TPSA) is 120 Å². The van der Waals surface area contributed by atoms with Crippen LogP contribution in [0.1, 0.15) is 5.56 Å². The molecule has 1 aromatic rings. The lowest BCUT2D eigenvalue weighted by Gasteiger charge is -2.19. The smallest absolute Gasteiger partial charge is 0.410 e. The summed E-state index contributed by atoms with van der Waals surface area (Å²) in [5, 5.41) is 17.1. The van der Waals surface area contributed by atoms with Crippen LogP contribution in [0.2, 0.25) is 0 Å². The van der Waals surface area contributed by atoms with Crippen molar-refractivity contribution in [3.05, 3.63) is 30.1 Å². The molecule has 136 valence electrons. The Kier molecular flexibility index (Phi) is 6.70. The standard InChI is InChI=1S/C15H19N3O4.CH2O2/c19-13-9-18(14(20)10-17-5-6-22-15(17)21)8-12(13)7-11-1-3-16-4-2-11;2-1-3/h1-4,12-13,19H,5-10H2;1H,(H,2,3)/t12-,13-;/m1./s1. The number of hydrogen-bond donors (Lipinski definition) is 2. The Labute approximate surface area is 144 Å². The summed E-state index contributed by atoms with van der Waals surface area (Å²) in [5.41, 5.74) is 1.09. The molecular weight excluding hydrogens is 330 g/mol. The molecular formula is C16H21N3O6. The Morgan fingerprint density at radius 3 is 2.64 bits per heavy atom. The van der Waals surface area contributed by atoms with Gasteiger partial charge >= 0.3 is 6.09 Å². The number of cyclic esters (lactones) is 1. The molecule has 25 heavy (non-hydrogen) atoms.